The lowest BCUT2D eigenvalue weighted by Crippen LogP contribution is -2.61. The number of nitrogens with two attached hydrogens (primary N) is 1. The molecule has 7 aromatic rings. The summed E-state index contributed by atoms with van der Waals surface area (Å²) in [5, 5.41) is 41.2. The number of phenols is 1. The Morgan fingerprint density at radius 3 is 1.65 bits per heavy atom. The number of carbonyl (C=O) groups excluding carboxylic acids is 9. The van der Waals surface area contributed by atoms with E-state index in [4.69, 9.17) is 5.73 Å². The van der Waals surface area contributed by atoms with Crippen molar-refractivity contribution in [3.63, 3.8) is 0 Å². The second-order valence-corrected chi connectivity index (χ2v) is 20.4. The third-order valence-electron chi connectivity index (χ3n) is 14.1. The highest BCUT2D eigenvalue weighted by molar-refractivity contribution is 5.99. The molecule has 85 heavy (non-hydrogen) atoms. The molecule has 4 aromatic carbocycles. The summed E-state index contributed by atoms with van der Waals surface area (Å²) in [6.45, 7) is -0.639. The molecule has 4 heterocycles. The summed E-state index contributed by atoms with van der Waals surface area (Å²) < 4.78 is 29.4. The Bertz CT molecular complexity index is 3630. The van der Waals surface area contributed by atoms with Gasteiger partial charge in [-0.1, -0.05) is 36.4 Å². The fraction of sp³-hybridized carbons (Fsp3) is 0.293. The number of primary amides is 1. The molecule has 25 nitrogen and oxygen atoms in total. The lowest BCUT2D eigenvalue weighted by atomic mass is 10.0. The molecule has 0 spiro atoms. The molecule has 0 fully saturated rings. The number of amides is 9. The van der Waals surface area contributed by atoms with Gasteiger partial charge in [0.15, 0.2) is 0 Å². The van der Waals surface area contributed by atoms with Gasteiger partial charge in [-0.15, -0.1) is 0 Å². The van der Waals surface area contributed by atoms with Gasteiger partial charge in [-0.05, 0) is 82.8 Å². The molecule has 3 aromatic heterocycles. The number of aromatic nitrogens is 4. The van der Waals surface area contributed by atoms with Gasteiger partial charge in [0, 0.05) is 97.6 Å². The SMILES string of the molecule is NC(=O)[C@@H]1Cc2cccc(c2)CNC(=O)CCCC(=O)NCC(=O)N[C@@H](Cc2c[nH]c3ccc(F)cc23)C(=O)N[C@@H](Cc2c[nH]c3ccc(F)cc23)C(=O)NC(CC(=O)O)C(=O)N[C@@H](Cc2cnc[nH]2)C(=O)N[C@@H](Cc2ccc(O)cc2)C(=O)N1. The van der Waals surface area contributed by atoms with Crippen molar-refractivity contribution in [3.8, 4) is 5.75 Å². The smallest absolute Gasteiger partial charge is 0.305 e. The minimum absolute atomic E-state index is 0.0247. The van der Waals surface area contributed by atoms with Crippen molar-refractivity contribution in [3.05, 3.63) is 155 Å². The predicted molar refractivity (Wildman–Crippen MR) is 300 cm³/mol. The molecule has 0 aliphatic carbocycles. The van der Waals surface area contributed by atoms with E-state index in [-0.39, 0.29) is 73.9 Å². The number of carbonyl (C=O) groups is 10. The number of halogens is 2. The van der Waals surface area contributed by atoms with Crippen molar-refractivity contribution in [2.45, 2.75) is 101 Å². The Kier molecular flexibility index (Phi) is 20.0. The van der Waals surface area contributed by atoms with E-state index in [1.54, 1.807) is 24.3 Å². The van der Waals surface area contributed by atoms with Gasteiger partial charge in [-0.3, -0.25) is 47.9 Å². The Morgan fingerprint density at radius 2 is 1.08 bits per heavy atom. The van der Waals surface area contributed by atoms with E-state index in [1.165, 1.54) is 79.5 Å². The number of carboxylic acid groups (broad SMARTS) is 1. The number of hydrogen-bond acceptors (Lipinski definition) is 12. The third-order valence-corrected chi connectivity index (χ3v) is 14.1. The maximum atomic E-state index is 14.8. The number of aromatic hydroxyl groups is 1. The molecule has 1 aliphatic rings. The van der Waals surface area contributed by atoms with Crippen molar-refractivity contribution < 1.29 is 66.9 Å². The molecule has 0 saturated carbocycles. The van der Waals surface area contributed by atoms with Crippen LogP contribution < -0.4 is 48.3 Å². The Balaban J connectivity index is 1.14. The van der Waals surface area contributed by atoms with Crippen LogP contribution in [0, 0.1) is 11.6 Å². The summed E-state index contributed by atoms with van der Waals surface area (Å²) in [5.74, 6) is -11.3. The van der Waals surface area contributed by atoms with Crippen LogP contribution >= 0.6 is 0 Å². The number of aliphatic carboxylic acids is 1. The van der Waals surface area contributed by atoms with Crippen molar-refractivity contribution >= 4 is 80.9 Å². The fourth-order valence-electron chi connectivity index (χ4n) is 9.68. The number of H-pyrrole nitrogens is 3. The average molecular weight is 1170 g/mol. The van der Waals surface area contributed by atoms with Gasteiger partial charge in [-0.25, -0.2) is 13.8 Å². The van der Waals surface area contributed by atoms with E-state index < -0.39 is 126 Å². The van der Waals surface area contributed by atoms with Crippen molar-refractivity contribution in [2.24, 2.45) is 5.73 Å². The monoisotopic (exact) mass is 1170 g/mol. The quantitative estimate of drug-likeness (QED) is 0.0848. The standard InChI is InChI=1S/C58H61F2N13O12/c59-35-9-13-41-39(20-35)33(25-63-41)18-45-55(82)71-46(19-34-26-64-42-14-10-36(60)21-40(34)42)56(83)73-48(23-52(78)79)58(85)72-47(22-37-27-62-29-67-37)57(84)70-44(16-30-7-11-38(74)12-8-30)54(81)69-43(53(61)80)17-31-3-1-4-32(15-31)24-65-49(75)5-2-6-50(76)66-28-51(77)68-45/h1,3-4,7-15,20-21,25-27,29,43-48,63-64,74H,2,5-6,16-19,22-24,28H2,(H2,61,80)(H,62,67)(H,65,75)(H,66,76)(H,68,77)(H,69,81)(H,70,84)(H,71,82)(H,72,85)(H,73,83)(H,78,79)/t43-,44-,45-,46-,47-,48?/m0/s1. The van der Waals surface area contributed by atoms with Gasteiger partial charge in [0.25, 0.3) is 0 Å². The summed E-state index contributed by atoms with van der Waals surface area (Å²) in [6.07, 6.45) is 2.61. The van der Waals surface area contributed by atoms with E-state index >= 15 is 0 Å². The summed E-state index contributed by atoms with van der Waals surface area (Å²) in [6, 6.07) is 10.0. The zero-order chi connectivity index (χ0) is 60.7. The van der Waals surface area contributed by atoms with Gasteiger partial charge in [0.1, 0.15) is 53.6 Å². The highest BCUT2D eigenvalue weighted by Crippen LogP contribution is 2.24. The Labute approximate surface area is 482 Å². The summed E-state index contributed by atoms with van der Waals surface area (Å²) >= 11 is 0. The maximum absolute atomic E-state index is 14.8. The maximum Gasteiger partial charge on any atom is 0.305 e. The first kappa shape index (κ1) is 60.6. The second-order valence-electron chi connectivity index (χ2n) is 20.4. The summed E-state index contributed by atoms with van der Waals surface area (Å²) in [5.41, 5.74) is 9.09. The van der Waals surface area contributed by atoms with Crippen LogP contribution in [0.1, 0.15) is 59.2 Å². The molecule has 15 N–H and O–H groups in total. The number of fused-ring (bicyclic) bond motifs is 4. The molecule has 2 bridgehead atoms. The van der Waals surface area contributed by atoms with Gasteiger partial charge in [-0.2, -0.15) is 0 Å². The topological polar surface area (TPSA) is 394 Å². The van der Waals surface area contributed by atoms with Gasteiger partial charge in [0.05, 0.1) is 19.3 Å². The first-order valence-corrected chi connectivity index (χ1v) is 26.9. The fourth-order valence-corrected chi connectivity index (χ4v) is 9.68. The number of nitrogens with one attached hydrogen (secondary N) is 11. The van der Waals surface area contributed by atoms with E-state index in [0.717, 1.165) is 6.07 Å². The highest BCUT2D eigenvalue weighted by Gasteiger charge is 2.36. The van der Waals surface area contributed by atoms with Crippen LogP contribution in [0.4, 0.5) is 8.78 Å². The lowest BCUT2D eigenvalue weighted by molar-refractivity contribution is -0.141. The molecule has 0 radical (unpaired) electrons. The van der Waals surface area contributed by atoms with Crippen LogP contribution in [0.5, 0.6) is 5.75 Å². The van der Waals surface area contributed by atoms with Crippen LogP contribution in [0.2, 0.25) is 0 Å². The molecule has 444 valence electrons. The molecule has 1 unspecified atom stereocenters. The Morgan fingerprint density at radius 1 is 0.565 bits per heavy atom. The van der Waals surface area contributed by atoms with Crippen molar-refractivity contribution in [1.29, 1.82) is 0 Å². The largest absolute Gasteiger partial charge is 0.508 e. The van der Waals surface area contributed by atoms with E-state index in [0.29, 0.717) is 38.7 Å². The number of imidazole rings is 1. The van der Waals surface area contributed by atoms with Crippen LogP contribution in [0.15, 0.2) is 110 Å². The number of benzene rings is 4. The molecule has 1 aliphatic heterocycles. The second kappa shape index (κ2) is 28.0. The molecular weight excluding hydrogens is 1110 g/mol. The van der Waals surface area contributed by atoms with Crippen LogP contribution in [0.25, 0.3) is 21.8 Å². The van der Waals surface area contributed by atoms with Crippen molar-refractivity contribution in [2.75, 3.05) is 6.54 Å². The number of nitrogens with zero attached hydrogens (tertiary/aromatic N) is 1. The average Bonchev–Trinajstić information content (AvgIpc) is 3.31. The minimum atomic E-state index is -2.01. The number of phenolic OH excluding ortho intramolecular Hbond substituents is 1. The van der Waals surface area contributed by atoms with Gasteiger partial charge in [0.2, 0.25) is 53.2 Å². The highest BCUT2D eigenvalue weighted by atomic mass is 19.1. The van der Waals surface area contributed by atoms with E-state index in [2.05, 4.69) is 62.5 Å². The van der Waals surface area contributed by atoms with Gasteiger partial charge < -0.3 is 73.4 Å². The van der Waals surface area contributed by atoms with E-state index in [9.17, 15) is 66.9 Å². The molecule has 6 atom stereocenters. The first-order chi connectivity index (χ1) is 40.7. The first-order valence-electron chi connectivity index (χ1n) is 26.9. The van der Waals surface area contributed by atoms with Gasteiger partial charge >= 0.3 is 5.97 Å². The van der Waals surface area contributed by atoms with E-state index in [1.807, 2.05) is 0 Å². The third kappa shape index (κ3) is 17.1. The molecule has 27 heteroatoms. The summed E-state index contributed by atoms with van der Waals surface area (Å²) in [7, 11) is 0. The molecule has 0 saturated heterocycles. The molecular formula is C58H61F2N13O12. The number of carboxylic acids is 1. The summed E-state index contributed by atoms with van der Waals surface area (Å²) in [4.78, 5) is 151. The van der Waals surface area contributed by atoms with Crippen LogP contribution in [0.3, 0.4) is 0 Å². The number of hydrogen-bond donors (Lipinski definition) is 14. The molecule has 8 rings (SSSR count). The normalized spacial score (nSPS) is 20.5. The van der Waals surface area contributed by atoms with Crippen molar-refractivity contribution in [1.82, 2.24) is 62.5 Å². The Hall–Kier alpha value is -10.5. The number of rotatable bonds is 11. The zero-order valence-electron chi connectivity index (χ0n) is 45.4. The van der Waals surface area contributed by atoms with Crippen LogP contribution in [-0.4, -0.2) is 132 Å². The number of aromatic amines is 3. The van der Waals surface area contributed by atoms with Crippen LogP contribution in [-0.2, 0) is 86.6 Å². The zero-order valence-corrected chi connectivity index (χ0v) is 45.4. The lowest BCUT2D eigenvalue weighted by Gasteiger charge is -2.27. The predicted octanol–water partition coefficient (Wildman–Crippen LogP) is 0.655. The molecule has 9 amide bonds. The minimum Gasteiger partial charge on any atom is -0.508 e.